The van der Waals surface area contributed by atoms with Crippen LogP contribution in [0.5, 0.6) is 0 Å². The molecule has 4 aliphatic rings. The first-order chi connectivity index (χ1) is 14.4. The molecule has 4 rings (SSSR count). The second-order valence-electron chi connectivity index (χ2n) is 10.7. The smallest absolute Gasteiger partial charge is 0.236 e. The fraction of sp³-hybridized carbons (Fsp3) is 0.917. The molecule has 2 saturated carbocycles. The van der Waals surface area contributed by atoms with E-state index in [0.717, 1.165) is 38.6 Å². The number of piperazine rings is 1. The van der Waals surface area contributed by atoms with Crippen LogP contribution in [0.3, 0.4) is 0 Å². The SMILES string of the molecule is C[C@H](CC1CCCCC1)C(=O)N1CCC(O)(CN2CCNCC2=O)C2(CCCC2)C1. The van der Waals surface area contributed by atoms with Crippen molar-refractivity contribution < 1.29 is 14.7 Å². The summed E-state index contributed by atoms with van der Waals surface area (Å²) in [6.45, 7) is 5.64. The summed E-state index contributed by atoms with van der Waals surface area (Å²) in [6.07, 6.45) is 12.3. The summed E-state index contributed by atoms with van der Waals surface area (Å²) in [5, 5.41) is 15.0. The number of nitrogens with zero attached hydrogens (tertiary/aromatic N) is 2. The first-order valence-electron chi connectivity index (χ1n) is 12.4. The lowest BCUT2D eigenvalue weighted by atomic mass is 9.65. The highest BCUT2D eigenvalue weighted by Gasteiger charge is 2.56. The van der Waals surface area contributed by atoms with Gasteiger partial charge in [-0.2, -0.15) is 0 Å². The van der Waals surface area contributed by atoms with E-state index in [9.17, 15) is 14.7 Å². The Kier molecular flexibility index (Phi) is 6.73. The second-order valence-corrected chi connectivity index (χ2v) is 10.7. The van der Waals surface area contributed by atoms with Crippen LogP contribution in [0.15, 0.2) is 0 Å². The monoisotopic (exact) mass is 419 g/mol. The standard InChI is InChI=1S/C24H41N3O3/c1-19(15-20-7-3-2-4-8-20)22(29)27-13-11-24(30,23(17-27)9-5-6-10-23)18-26-14-12-25-16-21(26)28/h19-20,25,30H,2-18H2,1H3/t19-,24?/m1/s1. The molecule has 0 aromatic carbocycles. The number of β-amino-alcohol motifs (C(OH)–C–C–N with tert-alkyl or cyclic N) is 1. The Morgan fingerprint density at radius 3 is 2.57 bits per heavy atom. The van der Waals surface area contributed by atoms with Crippen LogP contribution in [0, 0.1) is 17.3 Å². The van der Waals surface area contributed by atoms with Gasteiger partial charge in [0.15, 0.2) is 0 Å². The summed E-state index contributed by atoms with van der Waals surface area (Å²) >= 11 is 0. The first kappa shape index (κ1) is 22.1. The van der Waals surface area contributed by atoms with Crippen molar-refractivity contribution in [2.45, 2.75) is 83.2 Å². The number of rotatable bonds is 5. The van der Waals surface area contributed by atoms with Gasteiger partial charge in [0.1, 0.15) is 0 Å². The van der Waals surface area contributed by atoms with Gasteiger partial charge >= 0.3 is 0 Å². The lowest BCUT2D eigenvalue weighted by Crippen LogP contribution is -2.66. The highest BCUT2D eigenvalue weighted by atomic mass is 16.3. The van der Waals surface area contributed by atoms with Crippen LogP contribution in [-0.4, -0.2) is 71.6 Å². The summed E-state index contributed by atoms with van der Waals surface area (Å²) in [5.41, 5.74) is -1.13. The molecule has 1 spiro atoms. The van der Waals surface area contributed by atoms with Crippen molar-refractivity contribution in [3.8, 4) is 0 Å². The molecule has 170 valence electrons. The van der Waals surface area contributed by atoms with E-state index in [2.05, 4.69) is 17.1 Å². The Morgan fingerprint density at radius 1 is 1.13 bits per heavy atom. The van der Waals surface area contributed by atoms with Crippen LogP contribution in [0.2, 0.25) is 0 Å². The molecule has 2 amide bonds. The quantitative estimate of drug-likeness (QED) is 0.718. The van der Waals surface area contributed by atoms with Gasteiger partial charge < -0.3 is 20.2 Å². The molecule has 0 aromatic heterocycles. The maximum Gasteiger partial charge on any atom is 0.236 e. The van der Waals surface area contributed by atoms with Crippen molar-refractivity contribution in [1.29, 1.82) is 0 Å². The van der Waals surface area contributed by atoms with Gasteiger partial charge in [-0.05, 0) is 31.6 Å². The third kappa shape index (κ3) is 4.40. The highest BCUT2D eigenvalue weighted by molar-refractivity contribution is 5.79. The number of likely N-dealkylation sites (tertiary alicyclic amines) is 1. The predicted molar refractivity (Wildman–Crippen MR) is 117 cm³/mol. The molecule has 4 fully saturated rings. The molecule has 2 N–H and O–H groups in total. The molecular weight excluding hydrogens is 378 g/mol. The fourth-order valence-electron chi connectivity index (χ4n) is 6.75. The fourth-order valence-corrected chi connectivity index (χ4v) is 6.75. The molecule has 2 atom stereocenters. The molecule has 6 heteroatoms. The molecule has 2 aliphatic carbocycles. The van der Waals surface area contributed by atoms with E-state index in [1.165, 1.54) is 32.1 Å². The minimum atomic E-state index is -0.875. The highest BCUT2D eigenvalue weighted by Crippen LogP contribution is 2.51. The van der Waals surface area contributed by atoms with Crippen LogP contribution < -0.4 is 5.32 Å². The number of hydrogen-bond donors (Lipinski definition) is 2. The van der Waals surface area contributed by atoms with Crippen molar-refractivity contribution in [2.24, 2.45) is 17.3 Å². The van der Waals surface area contributed by atoms with Gasteiger partial charge in [-0.3, -0.25) is 9.59 Å². The molecule has 0 bridgehead atoms. The third-order valence-electron chi connectivity index (χ3n) is 8.62. The van der Waals surface area contributed by atoms with Crippen molar-refractivity contribution in [2.75, 3.05) is 39.3 Å². The third-order valence-corrected chi connectivity index (χ3v) is 8.62. The number of piperidine rings is 1. The Hall–Kier alpha value is -1.14. The Bertz CT molecular complexity index is 627. The maximum atomic E-state index is 13.3. The van der Waals surface area contributed by atoms with E-state index >= 15 is 0 Å². The summed E-state index contributed by atoms with van der Waals surface area (Å²) < 4.78 is 0. The lowest BCUT2D eigenvalue weighted by Gasteiger charge is -2.54. The minimum Gasteiger partial charge on any atom is -0.387 e. The van der Waals surface area contributed by atoms with Gasteiger partial charge in [0, 0.05) is 37.5 Å². The predicted octanol–water partition coefficient (Wildman–Crippen LogP) is 2.55. The number of aliphatic hydroxyl groups is 1. The average molecular weight is 420 g/mol. The van der Waals surface area contributed by atoms with Crippen molar-refractivity contribution in [1.82, 2.24) is 15.1 Å². The van der Waals surface area contributed by atoms with Crippen molar-refractivity contribution in [3.05, 3.63) is 0 Å². The zero-order valence-electron chi connectivity index (χ0n) is 18.8. The van der Waals surface area contributed by atoms with Gasteiger partial charge in [-0.25, -0.2) is 0 Å². The Morgan fingerprint density at radius 2 is 1.87 bits per heavy atom. The molecule has 2 saturated heterocycles. The molecule has 2 aliphatic heterocycles. The van der Waals surface area contributed by atoms with E-state index in [-0.39, 0.29) is 23.1 Å². The summed E-state index contributed by atoms with van der Waals surface area (Å²) in [7, 11) is 0. The zero-order valence-corrected chi connectivity index (χ0v) is 18.8. The van der Waals surface area contributed by atoms with Crippen LogP contribution in [-0.2, 0) is 9.59 Å². The van der Waals surface area contributed by atoms with E-state index in [4.69, 9.17) is 0 Å². The summed E-state index contributed by atoms with van der Waals surface area (Å²) in [4.78, 5) is 29.6. The van der Waals surface area contributed by atoms with Gasteiger partial charge in [0.25, 0.3) is 0 Å². The number of carbonyl (C=O) groups is 2. The van der Waals surface area contributed by atoms with Crippen molar-refractivity contribution >= 4 is 11.8 Å². The lowest BCUT2D eigenvalue weighted by molar-refractivity contribution is -0.169. The van der Waals surface area contributed by atoms with Gasteiger partial charge in [0.2, 0.25) is 11.8 Å². The van der Waals surface area contributed by atoms with Gasteiger partial charge in [-0.15, -0.1) is 0 Å². The largest absolute Gasteiger partial charge is 0.387 e. The summed E-state index contributed by atoms with van der Waals surface area (Å²) in [5.74, 6) is 1.15. The Balaban J connectivity index is 1.42. The van der Waals surface area contributed by atoms with E-state index < -0.39 is 5.60 Å². The van der Waals surface area contributed by atoms with Gasteiger partial charge in [-0.1, -0.05) is 51.9 Å². The molecule has 0 radical (unpaired) electrons. The van der Waals surface area contributed by atoms with Crippen LogP contribution in [0.25, 0.3) is 0 Å². The molecule has 0 aromatic rings. The van der Waals surface area contributed by atoms with Gasteiger partial charge in [0.05, 0.1) is 18.7 Å². The van der Waals surface area contributed by atoms with E-state index in [0.29, 0.717) is 45.1 Å². The number of amides is 2. The van der Waals surface area contributed by atoms with Crippen molar-refractivity contribution in [3.63, 3.8) is 0 Å². The summed E-state index contributed by atoms with van der Waals surface area (Å²) in [6, 6.07) is 0. The van der Waals surface area contributed by atoms with E-state index in [1.54, 1.807) is 0 Å². The maximum absolute atomic E-state index is 13.3. The zero-order chi connectivity index (χ0) is 21.2. The van der Waals surface area contributed by atoms with Crippen LogP contribution in [0.4, 0.5) is 0 Å². The number of nitrogens with one attached hydrogen (secondary N) is 1. The molecule has 30 heavy (non-hydrogen) atoms. The number of carbonyl (C=O) groups excluding carboxylic acids is 2. The van der Waals surface area contributed by atoms with E-state index in [1.807, 2.05) is 4.90 Å². The topological polar surface area (TPSA) is 72.9 Å². The van der Waals surface area contributed by atoms with Crippen LogP contribution >= 0.6 is 0 Å². The molecule has 6 nitrogen and oxygen atoms in total. The minimum absolute atomic E-state index is 0.0764. The normalized spacial score (nSPS) is 31.3. The number of hydrogen-bond acceptors (Lipinski definition) is 4. The first-order valence-corrected chi connectivity index (χ1v) is 12.4. The Labute approximate surface area is 181 Å². The molecule has 1 unspecified atom stereocenters. The average Bonchev–Trinajstić information content (AvgIpc) is 3.22. The second kappa shape index (κ2) is 9.15. The van der Waals surface area contributed by atoms with Crippen LogP contribution in [0.1, 0.15) is 77.6 Å². The molecule has 2 heterocycles. The molecular formula is C24H41N3O3.